The van der Waals surface area contributed by atoms with Crippen LogP contribution < -0.4 is 10.1 Å². The maximum Gasteiger partial charge on any atom is 0.317 e. The predicted octanol–water partition coefficient (Wildman–Crippen LogP) is 2.29. The molecule has 0 aliphatic carbocycles. The van der Waals surface area contributed by atoms with E-state index in [4.69, 9.17) is 4.74 Å². The zero-order valence-electron chi connectivity index (χ0n) is 11.6. The molecule has 1 aromatic rings. The number of carbonyl (C=O) groups excluding carboxylic acids is 1. The summed E-state index contributed by atoms with van der Waals surface area (Å²) < 4.78 is 5.31. The zero-order valence-corrected chi connectivity index (χ0v) is 11.6. The van der Waals surface area contributed by atoms with Gasteiger partial charge in [-0.1, -0.05) is 18.2 Å². The van der Waals surface area contributed by atoms with E-state index in [1.165, 1.54) is 0 Å². The Balaban J connectivity index is 2.69. The Labute approximate surface area is 109 Å². The van der Waals surface area contributed by atoms with Gasteiger partial charge in [0.15, 0.2) is 0 Å². The van der Waals surface area contributed by atoms with E-state index in [1.807, 2.05) is 45.2 Å². The number of amides is 2. The van der Waals surface area contributed by atoms with Crippen LogP contribution in [0.25, 0.3) is 0 Å². The van der Waals surface area contributed by atoms with Crippen LogP contribution in [0.2, 0.25) is 0 Å². The molecule has 0 aliphatic heterocycles. The number of nitrogens with one attached hydrogen (secondary N) is 1. The summed E-state index contributed by atoms with van der Waals surface area (Å²) in [6, 6.07) is 7.97. The van der Waals surface area contributed by atoms with Gasteiger partial charge in [0.25, 0.3) is 0 Å². The largest absolute Gasteiger partial charge is 0.496 e. The Morgan fingerprint density at radius 1 is 1.44 bits per heavy atom. The van der Waals surface area contributed by atoms with E-state index < -0.39 is 0 Å². The Hall–Kier alpha value is -1.71. The Bertz CT molecular complexity index is 393. The molecule has 0 aromatic heterocycles. The van der Waals surface area contributed by atoms with E-state index >= 15 is 0 Å². The number of benzene rings is 1. The van der Waals surface area contributed by atoms with Crippen molar-refractivity contribution in [2.24, 2.45) is 0 Å². The molecule has 2 amide bonds. The van der Waals surface area contributed by atoms with Crippen molar-refractivity contribution in [1.82, 2.24) is 10.2 Å². The van der Waals surface area contributed by atoms with Gasteiger partial charge in [0.2, 0.25) is 0 Å². The third-order valence-corrected chi connectivity index (χ3v) is 3.02. The summed E-state index contributed by atoms with van der Waals surface area (Å²) in [5.41, 5.74) is 1.11. The van der Waals surface area contributed by atoms with Gasteiger partial charge in [-0.25, -0.2) is 4.79 Å². The number of urea groups is 1. The van der Waals surface area contributed by atoms with Gasteiger partial charge in [-0.3, -0.25) is 0 Å². The fraction of sp³-hybridized carbons (Fsp3) is 0.500. The lowest BCUT2D eigenvalue weighted by Gasteiger charge is -2.25. The number of rotatable bonds is 5. The highest BCUT2D eigenvalue weighted by molar-refractivity contribution is 5.74. The molecular weight excluding hydrogens is 228 g/mol. The number of nitrogens with zero attached hydrogens (tertiary/aromatic N) is 1. The number of hydrogen-bond acceptors (Lipinski definition) is 2. The molecule has 0 radical (unpaired) electrons. The van der Waals surface area contributed by atoms with E-state index in [0.717, 1.165) is 17.7 Å². The van der Waals surface area contributed by atoms with Gasteiger partial charge < -0.3 is 15.0 Å². The number of hydrogen-bond donors (Lipinski definition) is 1. The van der Waals surface area contributed by atoms with Crippen molar-refractivity contribution in [2.75, 3.05) is 20.7 Å². The molecule has 1 aromatic carbocycles. The van der Waals surface area contributed by atoms with Crippen molar-refractivity contribution in [3.8, 4) is 5.75 Å². The summed E-state index contributed by atoms with van der Waals surface area (Å²) >= 11 is 0. The molecule has 0 heterocycles. The fourth-order valence-corrected chi connectivity index (χ4v) is 1.80. The minimum Gasteiger partial charge on any atom is -0.496 e. The van der Waals surface area contributed by atoms with Crippen LogP contribution in [-0.4, -0.2) is 37.7 Å². The summed E-state index contributed by atoms with van der Waals surface area (Å²) in [7, 11) is 3.47. The molecular formula is C14H22N2O2. The molecule has 18 heavy (non-hydrogen) atoms. The third-order valence-electron chi connectivity index (χ3n) is 3.02. The van der Waals surface area contributed by atoms with E-state index in [9.17, 15) is 4.79 Å². The molecule has 0 unspecified atom stereocenters. The Kier molecular flexibility index (Phi) is 5.49. The van der Waals surface area contributed by atoms with Crippen LogP contribution in [0, 0.1) is 0 Å². The third kappa shape index (κ3) is 3.65. The summed E-state index contributed by atoms with van der Waals surface area (Å²) in [4.78, 5) is 13.4. The van der Waals surface area contributed by atoms with E-state index in [2.05, 4.69) is 5.32 Å². The Morgan fingerprint density at radius 3 is 2.72 bits per heavy atom. The minimum absolute atomic E-state index is 0.0418. The number of para-hydroxylation sites is 1. The van der Waals surface area contributed by atoms with Crippen LogP contribution in [0.4, 0.5) is 4.79 Å². The highest BCUT2D eigenvalue weighted by Gasteiger charge is 2.16. The van der Waals surface area contributed by atoms with Crippen LogP contribution in [0.15, 0.2) is 24.3 Å². The van der Waals surface area contributed by atoms with E-state index in [1.54, 1.807) is 12.0 Å². The molecule has 4 nitrogen and oxygen atoms in total. The maximum atomic E-state index is 11.7. The lowest BCUT2D eigenvalue weighted by Crippen LogP contribution is -2.43. The molecule has 1 rings (SSSR count). The Morgan fingerprint density at radius 2 is 2.11 bits per heavy atom. The van der Waals surface area contributed by atoms with Crippen molar-refractivity contribution in [3.63, 3.8) is 0 Å². The molecule has 0 saturated carbocycles. The minimum atomic E-state index is -0.0418. The van der Waals surface area contributed by atoms with Gasteiger partial charge in [-0.05, 0) is 31.9 Å². The molecule has 0 bridgehead atoms. The topological polar surface area (TPSA) is 41.6 Å². The summed E-state index contributed by atoms with van der Waals surface area (Å²) in [5, 5.41) is 2.80. The van der Waals surface area contributed by atoms with Crippen LogP contribution in [0.3, 0.4) is 0 Å². The average molecular weight is 250 g/mol. The SMILES string of the molecule is CCNC(=O)N(C)[C@@H](C)Cc1ccccc1OC. The van der Waals surface area contributed by atoms with Crippen molar-refractivity contribution >= 4 is 6.03 Å². The number of ether oxygens (including phenoxy) is 1. The van der Waals surface area contributed by atoms with Crippen LogP contribution >= 0.6 is 0 Å². The van der Waals surface area contributed by atoms with Gasteiger partial charge in [0.05, 0.1) is 7.11 Å². The molecule has 100 valence electrons. The highest BCUT2D eigenvalue weighted by Crippen LogP contribution is 2.20. The van der Waals surface area contributed by atoms with Gasteiger partial charge in [-0.2, -0.15) is 0 Å². The normalized spacial score (nSPS) is 11.8. The molecule has 0 fully saturated rings. The second-order valence-corrected chi connectivity index (χ2v) is 4.31. The fourth-order valence-electron chi connectivity index (χ4n) is 1.80. The lowest BCUT2D eigenvalue weighted by molar-refractivity contribution is 0.194. The summed E-state index contributed by atoms with van der Waals surface area (Å²) in [6.45, 7) is 4.59. The number of methoxy groups -OCH3 is 1. The molecule has 0 spiro atoms. The van der Waals surface area contributed by atoms with Crippen LogP contribution in [0.1, 0.15) is 19.4 Å². The second-order valence-electron chi connectivity index (χ2n) is 4.31. The van der Waals surface area contributed by atoms with Gasteiger partial charge >= 0.3 is 6.03 Å². The van der Waals surface area contributed by atoms with Crippen molar-refractivity contribution in [3.05, 3.63) is 29.8 Å². The first kappa shape index (κ1) is 14.4. The van der Waals surface area contributed by atoms with Crippen molar-refractivity contribution < 1.29 is 9.53 Å². The quantitative estimate of drug-likeness (QED) is 0.871. The maximum absolute atomic E-state index is 11.7. The first-order valence-electron chi connectivity index (χ1n) is 6.22. The summed E-state index contributed by atoms with van der Waals surface area (Å²) in [5.74, 6) is 0.869. The highest BCUT2D eigenvalue weighted by atomic mass is 16.5. The van der Waals surface area contributed by atoms with E-state index in [0.29, 0.717) is 6.54 Å². The standard InChI is InChI=1S/C14H22N2O2/c1-5-15-14(17)16(3)11(2)10-12-8-6-7-9-13(12)18-4/h6-9,11H,5,10H2,1-4H3,(H,15,17)/t11-/m0/s1. The number of likely N-dealkylation sites (N-methyl/N-ethyl adjacent to an activating group) is 1. The molecule has 1 atom stereocenters. The second kappa shape index (κ2) is 6.89. The lowest BCUT2D eigenvalue weighted by atomic mass is 10.1. The monoisotopic (exact) mass is 250 g/mol. The van der Waals surface area contributed by atoms with Crippen LogP contribution in [-0.2, 0) is 6.42 Å². The molecule has 4 heteroatoms. The molecule has 0 saturated heterocycles. The number of carbonyl (C=O) groups is 1. The smallest absolute Gasteiger partial charge is 0.317 e. The van der Waals surface area contributed by atoms with E-state index in [-0.39, 0.29) is 12.1 Å². The predicted molar refractivity (Wildman–Crippen MR) is 73.0 cm³/mol. The zero-order chi connectivity index (χ0) is 13.5. The van der Waals surface area contributed by atoms with Crippen molar-refractivity contribution in [2.45, 2.75) is 26.3 Å². The van der Waals surface area contributed by atoms with Crippen molar-refractivity contribution in [1.29, 1.82) is 0 Å². The first-order chi connectivity index (χ1) is 8.60. The van der Waals surface area contributed by atoms with Gasteiger partial charge in [-0.15, -0.1) is 0 Å². The average Bonchev–Trinajstić information content (AvgIpc) is 2.38. The van der Waals surface area contributed by atoms with Gasteiger partial charge in [0.1, 0.15) is 5.75 Å². The van der Waals surface area contributed by atoms with Crippen LogP contribution in [0.5, 0.6) is 5.75 Å². The first-order valence-corrected chi connectivity index (χ1v) is 6.22. The molecule has 0 aliphatic rings. The molecule has 1 N–H and O–H groups in total. The van der Waals surface area contributed by atoms with Gasteiger partial charge in [0, 0.05) is 19.6 Å². The summed E-state index contributed by atoms with van der Waals surface area (Å²) in [6.07, 6.45) is 0.775.